The molecule has 3 rings (SSSR count). The highest BCUT2D eigenvalue weighted by Gasteiger charge is 2.17. The quantitative estimate of drug-likeness (QED) is 0.552. The third kappa shape index (κ3) is 3.07. The summed E-state index contributed by atoms with van der Waals surface area (Å²) in [6.45, 7) is 0. The second kappa shape index (κ2) is 6.80. The lowest BCUT2D eigenvalue weighted by Gasteiger charge is -2.19. The maximum Gasteiger partial charge on any atom is 0.133 e. The third-order valence-corrected chi connectivity index (χ3v) is 4.39. The molecule has 0 fully saturated rings. The molecule has 0 spiro atoms. The second-order valence-electron chi connectivity index (χ2n) is 5.15. The zero-order valence-electron chi connectivity index (χ0n) is 12.4. The Morgan fingerprint density at radius 1 is 0.727 bits per heavy atom. The van der Waals surface area contributed by atoms with Gasteiger partial charge in [0.25, 0.3) is 0 Å². The molecule has 0 N–H and O–H groups in total. The van der Waals surface area contributed by atoms with Gasteiger partial charge in [-0.25, -0.2) is 0 Å². The van der Waals surface area contributed by atoms with E-state index in [2.05, 4.69) is 88.7 Å². The number of benzene rings is 3. The van der Waals surface area contributed by atoms with Gasteiger partial charge in [-0.15, -0.1) is 0 Å². The summed E-state index contributed by atoms with van der Waals surface area (Å²) in [4.78, 5) is 0. The molecular formula is C20H17BrO. The Morgan fingerprint density at radius 3 is 1.73 bits per heavy atom. The zero-order chi connectivity index (χ0) is 15.4. The Hall–Kier alpha value is -2.06. The van der Waals surface area contributed by atoms with Gasteiger partial charge in [0.15, 0.2) is 0 Å². The predicted octanol–water partition coefficient (Wildman–Crippen LogP) is 5.64. The highest BCUT2D eigenvalue weighted by atomic mass is 79.9. The van der Waals surface area contributed by atoms with E-state index in [1.807, 2.05) is 6.07 Å². The van der Waals surface area contributed by atoms with Crippen LogP contribution in [0.2, 0.25) is 0 Å². The molecule has 0 atom stereocenters. The van der Waals surface area contributed by atoms with Gasteiger partial charge in [0.05, 0.1) is 11.6 Å². The molecule has 2 heteroatoms. The summed E-state index contributed by atoms with van der Waals surface area (Å²) in [5.74, 6) is 1.06. The lowest BCUT2D eigenvalue weighted by Crippen LogP contribution is -2.03. The van der Waals surface area contributed by atoms with E-state index in [4.69, 9.17) is 4.74 Å². The topological polar surface area (TPSA) is 9.23 Å². The molecule has 0 aliphatic heterocycles. The van der Waals surface area contributed by atoms with Gasteiger partial charge in [-0.2, -0.15) is 0 Å². The van der Waals surface area contributed by atoms with E-state index in [-0.39, 0.29) is 5.92 Å². The minimum Gasteiger partial charge on any atom is -0.496 e. The molecule has 0 saturated carbocycles. The zero-order valence-corrected chi connectivity index (χ0v) is 14.0. The fourth-order valence-corrected chi connectivity index (χ4v) is 3.29. The van der Waals surface area contributed by atoms with E-state index in [0.717, 1.165) is 10.2 Å². The van der Waals surface area contributed by atoms with Crippen molar-refractivity contribution >= 4 is 15.9 Å². The van der Waals surface area contributed by atoms with Crippen molar-refractivity contribution in [3.8, 4) is 5.75 Å². The number of ether oxygens (including phenoxy) is 1. The van der Waals surface area contributed by atoms with Crippen molar-refractivity contribution in [2.45, 2.75) is 5.92 Å². The summed E-state index contributed by atoms with van der Waals surface area (Å²) in [7, 11) is 1.69. The van der Waals surface area contributed by atoms with Gasteiger partial charge in [0.1, 0.15) is 5.75 Å². The van der Waals surface area contributed by atoms with Crippen LogP contribution >= 0.6 is 15.9 Å². The number of rotatable bonds is 4. The molecule has 110 valence electrons. The van der Waals surface area contributed by atoms with E-state index in [0.29, 0.717) is 0 Å². The molecule has 22 heavy (non-hydrogen) atoms. The van der Waals surface area contributed by atoms with Crippen LogP contribution in [0.3, 0.4) is 0 Å². The van der Waals surface area contributed by atoms with Gasteiger partial charge in [-0.3, -0.25) is 0 Å². The van der Waals surface area contributed by atoms with Gasteiger partial charge in [-0.1, -0.05) is 66.7 Å². The van der Waals surface area contributed by atoms with Gasteiger partial charge < -0.3 is 4.74 Å². The van der Waals surface area contributed by atoms with Crippen LogP contribution in [0.25, 0.3) is 0 Å². The molecule has 0 aliphatic carbocycles. The first-order chi connectivity index (χ1) is 10.8. The van der Waals surface area contributed by atoms with Gasteiger partial charge in [-0.05, 0) is 44.8 Å². The van der Waals surface area contributed by atoms with Gasteiger partial charge in [0.2, 0.25) is 0 Å². The number of halogens is 1. The van der Waals surface area contributed by atoms with Crippen molar-refractivity contribution in [3.05, 3.63) is 100 Å². The Morgan fingerprint density at radius 2 is 1.27 bits per heavy atom. The molecule has 0 saturated heterocycles. The third-order valence-electron chi connectivity index (χ3n) is 3.77. The van der Waals surface area contributed by atoms with E-state index in [9.17, 15) is 0 Å². The minimum atomic E-state index is 0.213. The summed E-state index contributed by atoms with van der Waals surface area (Å²) < 4.78 is 6.32. The first-order valence-electron chi connectivity index (χ1n) is 7.23. The fourth-order valence-electron chi connectivity index (χ4n) is 2.73. The first kappa shape index (κ1) is 14.9. The second-order valence-corrected chi connectivity index (χ2v) is 6.00. The molecule has 3 aromatic rings. The molecular weight excluding hydrogens is 336 g/mol. The molecule has 0 unspecified atom stereocenters. The molecule has 0 aromatic heterocycles. The summed E-state index contributed by atoms with van der Waals surface area (Å²) in [6.07, 6.45) is 0. The average molecular weight is 353 g/mol. The van der Waals surface area contributed by atoms with Crippen molar-refractivity contribution in [1.29, 1.82) is 0 Å². The van der Waals surface area contributed by atoms with Crippen molar-refractivity contribution in [2.24, 2.45) is 0 Å². The maximum absolute atomic E-state index is 5.34. The summed E-state index contributed by atoms with van der Waals surface area (Å²) >= 11 is 3.60. The summed E-state index contributed by atoms with van der Waals surface area (Å²) in [5.41, 5.74) is 3.81. The summed E-state index contributed by atoms with van der Waals surface area (Å²) in [6, 6.07) is 27.4. The molecule has 0 aliphatic rings. The fraction of sp³-hybridized carbons (Fsp3) is 0.100. The van der Waals surface area contributed by atoms with Crippen LogP contribution in [0.15, 0.2) is 83.3 Å². The van der Waals surface area contributed by atoms with Crippen LogP contribution in [0, 0.1) is 0 Å². The Kier molecular flexibility index (Phi) is 4.59. The number of hydrogen-bond donors (Lipinski definition) is 0. The van der Waals surface area contributed by atoms with Crippen LogP contribution in [0.1, 0.15) is 22.6 Å². The van der Waals surface area contributed by atoms with Crippen LogP contribution < -0.4 is 4.74 Å². The molecule has 0 heterocycles. The van der Waals surface area contributed by atoms with Gasteiger partial charge in [0, 0.05) is 5.92 Å². The average Bonchev–Trinajstić information content (AvgIpc) is 2.57. The summed E-state index contributed by atoms with van der Waals surface area (Å²) in [5, 5.41) is 0. The van der Waals surface area contributed by atoms with Crippen LogP contribution in [-0.2, 0) is 0 Å². The molecule has 1 nitrogen and oxygen atoms in total. The smallest absolute Gasteiger partial charge is 0.133 e. The van der Waals surface area contributed by atoms with Crippen molar-refractivity contribution < 1.29 is 4.74 Å². The molecule has 3 aromatic carbocycles. The lowest BCUT2D eigenvalue weighted by atomic mass is 9.85. The van der Waals surface area contributed by atoms with Crippen molar-refractivity contribution in [3.63, 3.8) is 0 Å². The molecule has 0 radical (unpaired) electrons. The highest BCUT2D eigenvalue weighted by Crippen LogP contribution is 2.35. The van der Waals surface area contributed by atoms with Crippen LogP contribution in [0.4, 0.5) is 0 Å². The van der Waals surface area contributed by atoms with E-state index in [1.165, 1.54) is 16.7 Å². The monoisotopic (exact) mass is 352 g/mol. The Labute approximate surface area is 139 Å². The Balaban J connectivity index is 2.12. The standard InChI is InChI=1S/C20H17BrO/c1-22-19-13-12-17(14-18(19)21)20(15-8-4-2-5-9-15)16-10-6-3-7-11-16/h2-14,20H,1H3. The number of hydrogen-bond acceptors (Lipinski definition) is 1. The van der Waals surface area contributed by atoms with E-state index >= 15 is 0 Å². The first-order valence-corrected chi connectivity index (χ1v) is 8.02. The van der Waals surface area contributed by atoms with Crippen LogP contribution in [0.5, 0.6) is 5.75 Å². The van der Waals surface area contributed by atoms with E-state index < -0.39 is 0 Å². The van der Waals surface area contributed by atoms with Gasteiger partial charge >= 0.3 is 0 Å². The van der Waals surface area contributed by atoms with Crippen molar-refractivity contribution in [1.82, 2.24) is 0 Å². The maximum atomic E-state index is 5.34. The SMILES string of the molecule is COc1ccc(C(c2ccccc2)c2ccccc2)cc1Br. The van der Waals surface area contributed by atoms with Crippen molar-refractivity contribution in [2.75, 3.05) is 7.11 Å². The lowest BCUT2D eigenvalue weighted by molar-refractivity contribution is 0.412. The minimum absolute atomic E-state index is 0.213. The predicted molar refractivity (Wildman–Crippen MR) is 94.5 cm³/mol. The number of methoxy groups -OCH3 is 1. The molecule has 0 bridgehead atoms. The Bertz CT molecular complexity index is 699. The normalized spacial score (nSPS) is 10.7. The largest absolute Gasteiger partial charge is 0.496 e. The highest BCUT2D eigenvalue weighted by molar-refractivity contribution is 9.10. The van der Waals surface area contributed by atoms with E-state index in [1.54, 1.807) is 7.11 Å². The molecule has 0 amide bonds. The van der Waals surface area contributed by atoms with Crippen LogP contribution in [-0.4, -0.2) is 7.11 Å².